The van der Waals surface area contributed by atoms with Gasteiger partial charge in [-0.15, -0.1) is 0 Å². The van der Waals surface area contributed by atoms with E-state index >= 15 is 0 Å². The lowest BCUT2D eigenvalue weighted by Crippen LogP contribution is -2.46. The average molecular weight is 799 g/mol. The molecule has 310 valence electrons. The van der Waals surface area contributed by atoms with Gasteiger partial charge in [0.05, 0.1) is 30.9 Å². The minimum absolute atomic E-state index is 0.0156. The second kappa shape index (κ2) is 23.0. The van der Waals surface area contributed by atoms with E-state index in [0.717, 1.165) is 37.7 Å². The first kappa shape index (κ1) is 45.1. The number of carbonyl (C=O) groups excluding carboxylic acids is 7. The molecule has 1 aliphatic carbocycles. The molecule has 1 fully saturated rings. The number of nitrogens with one attached hydrogen (secondary N) is 1. The third-order valence-electron chi connectivity index (χ3n) is 10.0. The third kappa shape index (κ3) is 13.5. The maximum Gasteiger partial charge on any atom is 0.311 e. The van der Waals surface area contributed by atoms with Crippen molar-refractivity contribution in [2.45, 2.75) is 110 Å². The molecular weight excluding hydrogens is 744 g/mol. The zero-order valence-corrected chi connectivity index (χ0v) is 33.7. The fraction of sp³-hybridized carbons (Fsp3) is 0.467. The van der Waals surface area contributed by atoms with E-state index in [2.05, 4.69) is 10.3 Å². The first-order valence-corrected chi connectivity index (χ1v) is 19.9. The molecule has 3 aromatic rings. The highest BCUT2D eigenvalue weighted by Crippen LogP contribution is 2.31. The number of hydrogen-bond donors (Lipinski definition) is 1. The van der Waals surface area contributed by atoms with Gasteiger partial charge >= 0.3 is 17.9 Å². The van der Waals surface area contributed by atoms with Crippen molar-refractivity contribution < 1.29 is 52.5 Å². The van der Waals surface area contributed by atoms with Gasteiger partial charge in [0, 0.05) is 38.1 Å². The standard InChI is InChI=1S/C45H54N2O11/c1-29(2)45(54)58-43-30(3)40(51)42(53)34(26-36(48)41(52)33(43)25-31-17-11-9-12-18-31)47-27-35-44(37(55-4)23-24-46-35)57-39(50)22-16-8-6-5-7-15-21-38(49)56-28-32-19-13-10-14-20-32/h9-14,17-20,23-24,29-30,33-34,43,47H,5-8,15-16,21-22,25-28H2,1-4H3/t30-,33+,34+,43-/m1/s1. The van der Waals surface area contributed by atoms with Crippen molar-refractivity contribution in [1.82, 2.24) is 10.3 Å². The number of methoxy groups -OCH3 is 1. The van der Waals surface area contributed by atoms with Crippen LogP contribution >= 0.6 is 0 Å². The van der Waals surface area contributed by atoms with Gasteiger partial charge < -0.3 is 24.3 Å². The minimum Gasteiger partial charge on any atom is -0.493 e. The maximum absolute atomic E-state index is 13.8. The lowest BCUT2D eigenvalue weighted by molar-refractivity contribution is -0.164. The molecule has 0 spiro atoms. The van der Waals surface area contributed by atoms with Gasteiger partial charge in [0.25, 0.3) is 0 Å². The van der Waals surface area contributed by atoms with Crippen LogP contribution < -0.4 is 14.8 Å². The number of unbranched alkanes of at least 4 members (excludes halogenated alkanes) is 5. The Morgan fingerprint density at radius 2 is 1.38 bits per heavy atom. The molecular formula is C45H54N2O11. The molecule has 1 heterocycles. The summed E-state index contributed by atoms with van der Waals surface area (Å²) in [5, 5.41) is 2.90. The molecule has 0 amide bonds. The van der Waals surface area contributed by atoms with Crippen molar-refractivity contribution in [3.8, 4) is 11.5 Å². The largest absolute Gasteiger partial charge is 0.493 e. The van der Waals surface area contributed by atoms with E-state index in [1.54, 1.807) is 44.2 Å². The van der Waals surface area contributed by atoms with Crippen LogP contribution in [0.15, 0.2) is 72.9 Å². The molecule has 1 aromatic heterocycles. The Balaban J connectivity index is 1.33. The van der Waals surface area contributed by atoms with E-state index in [4.69, 9.17) is 18.9 Å². The summed E-state index contributed by atoms with van der Waals surface area (Å²) in [6, 6.07) is 18.5. The lowest BCUT2D eigenvalue weighted by atomic mass is 9.81. The highest BCUT2D eigenvalue weighted by atomic mass is 16.6. The van der Waals surface area contributed by atoms with Crippen molar-refractivity contribution >= 4 is 41.0 Å². The second-order valence-electron chi connectivity index (χ2n) is 14.8. The van der Waals surface area contributed by atoms with Crippen LogP contribution in [0.1, 0.15) is 95.4 Å². The van der Waals surface area contributed by atoms with Gasteiger partial charge in [-0.25, -0.2) is 0 Å². The number of aromatic nitrogens is 1. The number of ketones is 4. The topological polar surface area (TPSA) is 181 Å². The van der Waals surface area contributed by atoms with Gasteiger partial charge in [0.2, 0.25) is 23.1 Å². The van der Waals surface area contributed by atoms with Crippen molar-refractivity contribution in [3.05, 3.63) is 89.7 Å². The second-order valence-corrected chi connectivity index (χ2v) is 14.8. The van der Waals surface area contributed by atoms with E-state index < -0.39 is 71.4 Å². The Hall–Kier alpha value is -5.56. The Bertz CT molecular complexity index is 1880. The number of ether oxygens (including phenoxy) is 4. The summed E-state index contributed by atoms with van der Waals surface area (Å²) in [5.41, 5.74) is 1.81. The van der Waals surface area contributed by atoms with E-state index in [0.29, 0.717) is 18.4 Å². The number of Topliss-reactive ketones (excluding diaryl/α,β-unsaturated/α-hetero) is 4. The number of nitrogens with zero attached hydrogens (tertiary/aromatic N) is 1. The first-order valence-electron chi connectivity index (χ1n) is 19.9. The zero-order chi connectivity index (χ0) is 42.0. The molecule has 1 aliphatic rings. The van der Waals surface area contributed by atoms with Crippen molar-refractivity contribution in [1.29, 1.82) is 0 Å². The van der Waals surface area contributed by atoms with Gasteiger partial charge in [0.15, 0.2) is 11.5 Å². The van der Waals surface area contributed by atoms with E-state index in [9.17, 15) is 33.6 Å². The molecule has 1 N–H and O–H groups in total. The minimum atomic E-state index is -1.42. The SMILES string of the molecule is COc1ccnc(CN[C@H]2CC(=O)C(=O)[C@H](Cc3ccccc3)[C@H](OC(=O)C(C)C)[C@H](C)C(=O)C2=O)c1OC(=O)CCCCCCCCC(=O)OCc1ccccc1. The van der Waals surface area contributed by atoms with Crippen LogP contribution in [-0.2, 0) is 62.6 Å². The average Bonchev–Trinajstić information content (AvgIpc) is 3.24. The number of hydrogen-bond acceptors (Lipinski definition) is 13. The summed E-state index contributed by atoms with van der Waals surface area (Å²) < 4.78 is 22.2. The van der Waals surface area contributed by atoms with E-state index in [1.807, 2.05) is 30.3 Å². The quantitative estimate of drug-likeness (QED) is 0.0792. The lowest BCUT2D eigenvalue weighted by Gasteiger charge is -2.29. The molecule has 4 rings (SSSR count). The van der Waals surface area contributed by atoms with E-state index in [-0.39, 0.29) is 49.2 Å². The molecule has 2 aromatic carbocycles. The van der Waals surface area contributed by atoms with Crippen LogP contribution in [0.4, 0.5) is 0 Å². The van der Waals surface area contributed by atoms with Crippen LogP contribution in [0.25, 0.3) is 0 Å². The number of rotatable bonds is 20. The zero-order valence-electron chi connectivity index (χ0n) is 33.7. The summed E-state index contributed by atoms with van der Waals surface area (Å²) in [6.45, 7) is 4.67. The molecule has 4 atom stereocenters. The van der Waals surface area contributed by atoms with Gasteiger partial charge in [0.1, 0.15) is 18.4 Å². The Morgan fingerprint density at radius 1 is 0.776 bits per heavy atom. The Morgan fingerprint density at radius 3 is 2.00 bits per heavy atom. The Labute approximate surface area is 339 Å². The van der Waals surface area contributed by atoms with Gasteiger partial charge in [-0.3, -0.25) is 38.5 Å². The fourth-order valence-corrected chi connectivity index (χ4v) is 6.63. The summed E-state index contributed by atoms with van der Waals surface area (Å²) in [5.74, 6) is -7.81. The van der Waals surface area contributed by atoms with Crippen LogP contribution in [0.2, 0.25) is 0 Å². The van der Waals surface area contributed by atoms with Crippen LogP contribution in [0.3, 0.4) is 0 Å². The monoisotopic (exact) mass is 798 g/mol. The normalized spacial score (nSPS) is 18.6. The molecule has 0 unspecified atom stereocenters. The predicted octanol–water partition coefficient (Wildman–Crippen LogP) is 6.06. The molecule has 0 saturated heterocycles. The van der Waals surface area contributed by atoms with Gasteiger partial charge in [-0.1, -0.05) is 107 Å². The molecule has 13 heteroatoms. The van der Waals surface area contributed by atoms with Crippen LogP contribution in [-0.4, -0.2) is 65.3 Å². The highest BCUT2D eigenvalue weighted by molar-refractivity contribution is 6.44. The first-order chi connectivity index (χ1) is 27.9. The third-order valence-corrected chi connectivity index (χ3v) is 10.0. The molecule has 58 heavy (non-hydrogen) atoms. The smallest absolute Gasteiger partial charge is 0.311 e. The van der Waals surface area contributed by atoms with Crippen molar-refractivity contribution in [3.63, 3.8) is 0 Å². The van der Waals surface area contributed by atoms with Crippen LogP contribution in [0.5, 0.6) is 11.5 Å². The molecule has 1 saturated carbocycles. The van der Waals surface area contributed by atoms with Crippen LogP contribution in [0, 0.1) is 17.8 Å². The summed E-state index contributed by atoms with van der Waals surface area (Å²) in [6.07, 6.45) is 4.65. The van der Waals surface area contributed by atoms with Gasteiger partial charge in [-0.05, 0) is 30.4 Å². The van der Waals surface area contributed by atoms with Crippen molar-refractivity contribution in [2.75, 3.05) is 7.11 Å². The number of carbonyl (C=O) groups is 7. The van der Waals surface area contributed by atoms with Gasteiger partial charge in [-0.2, -0.15) is 0 Å². The number of esters is 3. The highest BCUT2D eigenvalue weighted by Gasteiger charge is 2.46. The van der Waals surface area contributed by atoms with Crippen molar-refractivity contribution in [2.24, 2.45) is 17.8 Å². The summed E-state index contributed by atoms with van der Waals surface area (Å²) in [7, 11) is 1.40. The maximum atomic E-state index is 13.8. The Kier molecular flexibility index (Phi) is 17.9. The molecule has 0 aliphatic heterocycles. The number of benzene rings is 2. The molecule has 0 radical (unpaired) electrons. The molecule has 0 bridgehead atoms. The van der Waals surface area contributed by atoms with E-state index in [1.165, 1.54) is 26.3 Å². The fourth-order valence-electron chi connectivity index (χ4n) is 6.63. The molecule has 13 nitrogen and oxygen atoms in total. The predicted molar refractivity (Wildman–Crippen MR) is 212 cm³/mol. The number of pyridine rings is 1. The summed E-state index contributed by atoms with van der Waals surface area (Å²) >= 11 is 0. The summed E-state index contributed by atoms with van der Waals surface area (Å²) in [4.78, 5) is 96.9.